The van der Waals surface area contributed by atoms with Gasteiger partial charge in [0.05, 0.1) is 5.70 Å². The highest BCUT2D eigenvalue weighted by molar-refractivity contribution is 5.27. The van der Waals surface area contributed by atoms with Gasteiger partial charge in [0.1, 0.15) is 0 Å². The molecule has 0 heterocycles. The summed E-state index contributed by atoms with van der Waals surface area (Å²) in [6.45, 7) is 5.80. The number of hydrogen-bond donors (Lipinski definition) is 2. The molecule has 0 bridgehead atoms. The molecule has 2 heteroatoms. The maximum atomic E-state index is 3.82. The lowest BCUT2D eigenvalue weighted by atomic mass is 10.3. The van der Waals surface area contributed by atoms with Crippen molar-refractivity contribution < 1.29 is 0 Å². The highest BCUT2D eigenvalue weighted by Crippen LogP contribution is 1.98. The number of likely N-dealkylation sites (N-methyl/N-ethyl adjacent to an activating group) is 2. The van der Waals surface area contributed by atoms with E-state index in [1.165, 1.54) is 0 Å². The molecule has 0 aromatic heterocycles. The van der Waals surface area contributed by atoms with Gasteiger partial charge in [-0.05, 0) is 13.0 Å². The summed E-state index contributed by atoms with van der Waals surface area (Å²) < 4.78 is 0. The Morgan fingerprint density at radius 2 is 1.91 bits per heavy atom. The summed E-state index contributed by atoms with van der Waals surface area (Å²) >= 11 is 0. The summed E-state index contributed by atoms with van der Waals surface area (Å²) in [5.74, 6) is 0. The summed E-state index contributed by atoms with van der Waals surface area (Å²) in [7, 11) is 3.72. The largest absolute Gasteiger partial charge is 0.387 e. The lowest BCUT2D eigenvalue weighted by molar-refractivity contribution is 0.912. The lowest BCUT2D eigenvalue weighted by Gasteiger charge is -2.07. The molecular formula is C9H16N2. The van der Waals surface area contributed by atoms with Crippen molar-refractivity contribution in [2.75, 3.05) is 14.1 Å². The molecule has 0 aromatic rings. The first kappa shape index (κ1) is 9.82. The third kappa shape index (κ3) is 3.50. The zero-order valence-electron chi connectivity index (χ0n) is 7.44. The quantitative estimate of drug-likeness (QED) is 0.595. The first-order valence-corrected chi connectivity index (χ1v) is 3.64. The van der Waals surface area contributed by atoms with Crippen LogP contribution in [0.5, 0.6) is 0 Å². The van der Waals surface area contributed by atoms with Crippen LogP contribution in [0.1, 0.15) is 6.92 Å². The van der Waals surface area contributed by atoms with Gasteiger partial charge < -0.3 is 10.6 Å². The third-order valence-electron chi connectivity index (χ3n) is 1.35. The van der Waals surface area contributed by atoms with Crippen LogP contribution in [0.2, 0.25) is 0 Å². The van der Waals surface area contributed by atoms with Crippen molar-refractivity contribution in [1.29, 1.82) is 0 Å². The van der Waals surface area contributed by atoms with Crippen molar-refractivity contribution in [2.24, 2.45) is 0 Å². The van der Waals surface area contributed by atoms with Gasteiger partial charge in [0.2, 0.25) is 0 Å². The van der Waals surface area contributed by atoms with Gasteiger partial charge in [-0.1, -0.05) is 18.7 Å². The van der Waals surface area contributed by atoms with E-state index in [4.69, 9.17) is 0 Å². The van der Waals surface area contributed by atoms with E-state index in [0.717, 1.165) is 11.4 Å². The summed E-state index contributed by atoms with van der Waals surface area (Å²) in [6.07, 6.45) is 5.91. The molecule has 11 heavy (non-hydrogen) atoms. The second kappa shape index (κ2) is 5.59. The zero-order valence-corrected chi connectivity index (χ0v) is 7.44. The second-order valence-corrected chi connectivity index (χ2v) is 2.08. The first-order valence-electron chi connectivity index (χ1n) is 3.64. The van der Waals surface area contributed by atoms with Crippen LogP contribution in [0.4, 0.5) is 0 Å². The number of allylic oxidation sites excluding steroid dienone is 3. The Bertz CT molecular complexity index is 178. The maximum Gasteiger partial charge on any atom is 0.0567 e. The lowest BCUT2D eigenvalue weighted by Crippen LogP contribution is -2.16. The van der Waals surface area contributed by atoms with Crippen LogP contribution in [0.25, 0.3) is 0 Å². The molecule has 0 spiro atoms. The molecule has 0 saturated heterocycles. The summed E-state index contributed by atoms with van der Waals surface area (Å²) in [4.78, 5) is 0. The standard InChI is InChI=1S/C9H16N2/c1-5-6-7-9(11-4)8(2)10-3/h5-7,10-11H,2H2,1,3-4H3/b6-5-,9-7+. The van der Waals surface area contributed by atoms with Crippen LogP contribution < -0.4 is 10.6 Å². The molecule has 0 aliphatic rings. The topological polar surface area (TPSA) is 24.1 Å². The Balaban J connectivity index is 4.26. The second-order valence-electron chi connectivity index (χ2n) is 2.08. The summed E-state index contributed by atoms with van der Waals surface area (Å²) in [5, 5.41) is 6.00. The van der Waals surface area contributed by atoms with Crippen LogP contribution in [0.15, 0.2) is 36.2 Å². The molecule has 2 N–H and O–H groups in total. The molecule has 0 amide bonds. The maximum absolute atomic E-state index is 3.82. The van der Waals surface area contributed by atoms with Crippen molar-refractivity contribution in [3.05, 3.63) is 36.2 Å². The van der Waals surface area contributed by atoms with E-state index in [2.05, 4.69) is 17.2 Å². The first-order chi connectivity index (χ1) is 5.26. The third-order valence-corrected chi connectivity index (χ3v) is 1.35. The van der Waals surface area contributed by atoms with Gasteiger partial charge in [0, 0.05) is 19.8 Å². The smallest absolute Gasteiger partial charge is 0.0567 e. The van der Waals surface area contributed by atoms with Crippen LogP contribution >= 0.6 is 0 Å². The molecular weight excluding hydrogens is 136 g/mol. The number of hydrogen-bond acceptors (Lipinski definition) is 2. The van der Waals surface area contributed by atoms with Crippen molar-refractivity contribution in [1.82, 2.24) is 10.6 Å². The van der Waals surface area contributed by atoms with Crippen molar-refractivity contribution in [3.63, 3.8) is 0 Å². The minimum absolute atomic E-state index is 0.894. The molecule has 0 radical (unpaired) electrons. The molecule has 0 saturated carbocycles. The van der Waals surface area contributed by atoms with E-state index < -0.39 is 0 Å². The van der Waals surface area contributed by atoms with Gasteiger partial charge in [0.15, 0.2) is 0 Å². The van der Waals surface area contributed by atoms with Crippen molar-refractivity contribution in [2.45, 2.75) is 6.92 Å². The van der Waals surface area contributed by atoms with Crippen LogP contribution in [0, 0.1) is 0 Å². The number of rotatable bonds is 4. The Morgan fingerprint density at radius 1 is 1.27 bits per heavy atom. The molecule has 0 fully saturated rings. The van der Waals surface area contributed by atoms with E-state index in [9.17, 15) is 0 Å². The molecule has 62 valence electrons. The van der Waals surface area contributed by atoms with Gasteiger partial charge in [0.25, 0.3) is 0 Å². The van der Waals surface area contributed by atoms with Crippen LogP contribution in [-0.2, 0) is 0 Å². The monoisotopic (exact) mass is 152 g/mol. The predicted molar refractivity (Wildman–Crippen MR) is 50.2 cm³/mol. The minimum atomic E-state index is 0.894. The highest BCUT2D eigenvalue weighted by atomic mass is 14.9. The molecule has 0 aliphatic heterocycles. The fourth-order valence-electron chi connectivity index (χ4n) is 0.662. The van der Waals surface area contributed by atoms with E-state index in [0.29, 0.717) is 0 Å². The highest BCUT2D eigenvalue weighted by Gasteiger charge is 1.93. The summed E-state index contributed by atoms with van der Waals surface area (Å²) in [6, 6.07) is 0. The average Bonchev–Trinajstić information content (AvgIpc) is 2.05. The Hall–Kier alpha value is -1.18. The predicted octanol–water partition coefficient (Wildman–Crippen LogP) is 1.40. The van der Waals surface area contributed by atoms with Crippen molar-refractivity contribution in [3.8, 4) is 0 Å². The van der Waals surface area contributed by atoms with Crippen LogP contribution in [-0.4, -0.2) is 14.1 Å². The van der Waals surface area contributed by atoms with E-state index in [1.54, 1.807) is 0 Å². The fraction of sp³-hybridized carbons (Fsp3) is 0.333. The van der Waals surface area contributed by atoms with E-state index in [-0.39, 0.29) is 0 Å². The molecule has 0 aliphatic carbocycles. The van der Waals surface area contributed by atoms with Gasteiger partial charge >= 0.3 is 0 Å². The van der Waals surface area contributed by atoms with E-state index in [1.807, 2.05) is 39.2 Å². The normalized spacial score (nSPS) is 11.7. The molecule has 0 unspecified atom stereocenters. The molecule has 0 rings (SSSR count). The van der Waals surface area contributed by atoms with Gasteiger partial charge in [-0.2, -0.15) is 0 Å². The van der Waals surface area contributed by atoms with Gasteiger partial charge in [-0.3, -0.25) is 0 Å². The minimum Gasteiger partial charge on any atom is -0.387 e. The zero-order chi connectivity index (χ0) is 8.69. The van der Waals surface area contributed by atoms with Crippen LogP contribution in [0.3, 0.4) is 0 Å². The SMILES string of the molecule is C=C(NC)/C(=C\C=C/C)NC. The van der Waals surface area contributed by atoms with Gasteiger partial charge in [-0.25, -0.2) is 0 Å². The fourth-order valence-corrected chi connectivity index (χ4v) is 0.662. The molecule has 0 aromatic carbocycles. The molecule has 0 atom stereocenters. The Kier molecular flexibility index (Phi) is 4.99. The summed E-state index contributed by atoms with van der Waals surface area (Å²) in [5.41, 5.74) is 1.90. The number of nitrogens with one attached hydrogen (secondary N) is 2. The molecule has 2 nitrogen and oxygen atoms in total. The van der Waals surface area contributed by atoms with E-state index >= 15 is 0 Å². The Labute approximate surface area is 68.7 Å². The van der Waals surface area contributed by atoms with Crippen molar-refractivity contribution >= 4 is 0 Å². The van der Waals surface area contributed by atoms with Gasteiger partial charge in [-0.15, -0.1) is 0 Å². The Morgan fingerprint density at radius 3 is 2.27 bits per heavy atom. The average molecular weight is 152 g/mol.